The summed E-state index contributed by atoms with van der Waals surface area (Å²) >= 11 is 0. The van der Waals surface area contributed by atoms with Crippen LogP contribution in [0.3, 0.4) is 0 Å². The van der Waals surface area contributed by atoms with Crippen LogP contribution in [0.25, 0.3) is 0 Å². The molecule has 1 amide bonds. The minimum absolute atomic E-state index is 0.0117. The van der Waals surface area contributed by atoms with Crippen molar-refractivity contribution in [2.45, 2.75) is 58.0 Å². The van der Waals surface area contributed by atoms with Crippen molar-refractivity contribution in [3.63, 3.8) is 0 Å². The third-order valence-electron chi connectivity index (χ3n) is 3.56. The summed E-state index contributed by atoms with van der Waals surface area (Å²) in [5, 5.41) is 2.83. The standard InChI is InChI=1S/C16H26N2O3S/c1-6-13(5)17-16(19)15(11(2)3)18-22(20,21)14-9-7-12(4)8-10-14/h7-11,13,15,18H,6H2,1-5H3,(H,17,19). The Hall–Kier alpha value is -1.40. The van der Waals surface area contributed by atoms with Crippen molar-refractivity contribution >= 4 is 15.9 Å². The van der Waals surface area contributed by atoms with Crippen molar-refractivity contribution in [1.82, 2.24) is 10.0 Å². The number of benzene rings is 1. The van der Waals surface area contributed by atoms with Gasteiger partial charge in [-0.15, -0.1) is 0 Å². The van der Waals surface area contributed by atoms with Crippen molar-refractivity contribution < 1.29 is 13.2 Å². The van der Waals surface area contributed by atoms with Gasteiger partial charge in [0.05, 0.1) is 4.90 Å². The first-order valence-electron chi connectivity index (χ1n) is 7.56. The van der Waals surface area contributed by atoms with E-state index >= 15 is 0 Å². The molecule has 5 nitrogen and oxygen atoms in total. The summed E-state index contributed by atoms with van der Waals surface area (Å²) in [6.45, 7) is 9.38. The van der Waals surface area contributed by atoms with Crippen molar-refractivity contribution in [2.24, 2.45) is 5.92 Å². The Balaban J connectivity index is 2.94. The number of amides is 1. The molecule has 2 unspecified atom stereocenters. The van der Waals surface area contributed by atoms with Crippen LogP contribution in [0.2, 0.25) is 0 Å². The Morgan fingerprint density at radius 1 is 1.14 bits per heavy atom. The van der Waals surface area contributed by atoms with E-state index in [1.807, 2.05) is 34.6 Å². The molecule has 0 aliphatic carbocycles. The number of nitrogens with one attached hydrogen (secondary N) is 2. The largest absolute Gasteiger partial charge is 0.352 e. The zero-order chi connectivity index (χ0) is 16.9. The summed E-state index contributed by atoms with van der Waals surface area (Å²) in [6.07, 6.45) is 0.793. The molecule has 0 spiro atoms. The van der Waals surface area contributed by atoms with Gasteiger partial charge in [0, 0.05) is 6.04 Å². The Bertz CT molecular complexity index is 594. The van der Waals surface area contributed by atoms with Crippen LogP contribution in [0.4, 0.5) is 0 Å². The highest BCUT2D eigenvalue weighted by molar-refractivity contribution is 7.89. The normalized spacial score (nSPS) is 14.6. The Kier molecular flexibility index (Phi) is 6.56. The van der Waals surface area contributed by atoms with E-state index < -0.39 is 16.1 Å². The quantitative estimate of drug-likeness (QED) is 0.806. The Labute approximate surface area is 133 Å². The molecule has 0 aliphatic heterocycles. The molecule has 2 atom stereocenters. The molecular weight excluding hydrogens is 300 g/mol. The Morgan fingerprint density at radius 2 is 1.68 bits per heavy atom. The highest BCUT2D eigenvalue weighted by atomic mass is 32.2. The summed E-state index contributed by atoms with van der Waals surface area (Å²) in [7, 11) is -3.72. The van der Waals surface area contributed by atoms with Gasteiger partial charge in [0.15, 0.2) is 0 Å². The molecule has 0 radical (unpaired) electrons. The van der Waals surface area contributed by atoms with E-state index in [1.165, 1.54) is 0 Å². The molecule has 0 aromatic heterocycles. The SMILES string of the molecule is CCC(C)NC(=O)C(NS(=O)(=O)c1ccc(C)cc1)C(C)C. The summed E-state index contributed by atoms with van der Waals surface area (Å²) in [6, 6.07) is 5.78. The lowest BCUT2D eigenvalue weighted by Gasteiger charge is -2.23. The molecule has 0 fully saturated rings. The van der Waals surface area contributed by atoms with Gasteiger partial charge in [-0.25, -0.2) is 8.42 Å². The fraction of sp³-hybridized carbons (Fsp3) is 0.562. The van der Waals surface area contributed by atoms with Gasteiger partial charge in [-0.3, -0.25) is 4.79 Å². The number of rotatable bonds is 7. The summed E-state index contributed by atoms with van der Waals surface area (Å²) < 4.78 is 27.4. The minimum atomic E-state index is -3.72. The molecule has 2 N–H and O–H groups in total. The van der Waals surface area contributed by atoms with Crippen LogP contribution < -0.4 is 10.0 Å². The molecule has 22 heavy (non-hydrogen) atoms. The second kappa shape index (κ2) is 7.74. The van der Waals surface area contributed by atoms with Gasteiger partial charge in [-0.1, -0.05) is 38.5 Å². The van der Waals surface area contributed by atoms with E-state index in [-0.39, 0.29) is 22.8 Å². The van der Waals surface area contributed by atoms with Crippen LogP contribution in [0, 0.1) is 12.8 Å². The lowest BCUT2D eigenvalue weighted by molar-refractivity contribution is -0.124. The smallest absolute Gasteiger partial charge is 0.241 e. The zero-order valence-corrected chi connectivity index (χ0v) is 14.7. The van der Waals surface area contributed by atoms with E-state index in [1.54, 1.807) is 24.3 Å². The molecule has 0 heterocycles. The monoisotopic (exact) mass is 326 g/mol. The second-order valence-corrected chi connectivity index (χ2v) is 7.69. The first-order valence-corrected chi connectivity index (χ1v) is 9.05. The van der Waals surface area contributed by atoms with Crippen molar-refractivity contribution in [2.75, 3.05) is 0 Å². The first-order chi connectivity index (χ1) is 10.2. The zero-order valence-electron chi connectivity index (χ0n) is 13.9. The van der Waals surface area contributed by atoms with Crippen LogP contribution in [0.5, 0.6) is 0 Å². The van der Waals surface area contributed by atoms with Crippen LogP contribution >= 0.6 is 0 Å². The molecular formula is C16H26N2O3S. The van der Waals surface area contributed by atoms with E-state index in [9.17, 15) is 13.2 Å². The minimum Gasteiger partial charge on any atom is -0.352 e. The van der Waals surface area contributed by atoms with Gasteiger partial charge in [0.1, 0.15) is 6.04 Å². The van der Waals surface area contributed by atoms with Gasteiger partial charge >= 0.3 is 0 Å². The van der Waals surface area contributed by atoms with Crippen LogP contribution in [0.1, 0.15) is 39.7 Å². The lowest BCUT2D eigenvalue weighted by Crippen LogP contribution is -2.51. The first kappa shape index (κ1) is 18.6. The molecule has 6 heteroatoms. The number of hydrogen-bond acceptors (Lipinski definition) is 3. The molecule has 1 rings (SSSR count). The van der Waals surface area contributed by atoms with E-state index in [0.29, 0.717) is 0 Å². The maximum Gasteiger partial charge on any atom is 0.241 e. The van der Waals surface area contributed by atoms with Crippen molar-refractivity contribution in [3.8, 4) is 0 Å². The third-order valence-corrected chi connectivity index (χ3v) is 5.02. The fourth-order valence-electron chi connectivity index (χ4n) is 1.88. The molecule has 0 aliphatic rings. The number of carbonyl (C=O) groups excluding carboxylic acids is 1. The second-order valence-electron chi connectivity index (χ2n) is 5.97. The van der Waals surface area contributed by atoms with Crippen LogP contribution in [-0.2, 0) is 14.8 Å². The Morgan fingerprint density at radius 3 is 2.14 bits per heavy atom. The average Bonchev–Trinajstić information content (AvgIpc) is 2.44. The van der Waals surface area contributed by atoms with Crippen molar-refractivity contribution in [1.29, 1.82) is 0 Å². The van der Waals surface area contributed by atoms with Gasteiger partial charge in [0.2, 0.25) is 15.9 Å². The maximum absolute atomic E-state index is 12.4. The van der Waals surface area contributed by atoms with Gasteiger partial charge < -0.3 is 5.32 Å². The summed E-state index contributed by atoms with van der Waals surface area (Å²) in [4.78, 5) is 12.4. The molecule has 0 bridgehead atoms. The topological polar surface area (TPSA) is 75.3 Å². The highest BCUT2D eigenvalue weighted by Crippen LogP contribution is 2.13. The van der Waals surface area contributed by atoms with Gasteiger partial charge in [-0.05, 0) is 38.3 Å². The number of hydrogen-bond donors (Lipinski definition) is 2. The molecule has 0 saturated carbocycles. The summed E-state index contributed by atoms with van der Waals surface area (Å²) in [5.74, 6) is -0.440. The van der Waals surface area contributed by atoms with E-state index in [4.69, 9.17) is 0 Å². The van der Waals surface area contributed by atoms with Gasteiger partial charge in [-0.2, -0.15) is 4.72 Å². The fourth-order valence-corrected chi connectivity index (χ4v) is 3.22. The van der Waals surface area contributed by atoms with Crippen LogP contribution in [-0.4, -0.2) is 26.4 Å². The number of carbonyl (C=O) groups is 1. The van der Waals surface area contributed by atoms with E-state index in [0.717, 1.165) is 12.0 Å². The molecule has 1 aromatic carbocycles. The average molecular weight is 326 g/mol. The third kappa shape index (κ3) is 5.10. The lowest BCUT2D eigenvalue weighted by atomic mass is 10.0. The maximum atomic E-state index is 12.4. The van der Waals surface area contributed by atoms with Gasteiger partial charge in [0.25, 0.3) is 0 Å². The molecule has 1 aromatic rings. The van der Waals surface area contributed by atoms with E-state index in [2.05, 4.69) is 10.0 Å². The highest BCUT2D eigenvalue weighted by Gasteiger charge is 2.28. The predicted octanol–water partition coefficient (Wildman–Crippen LogP) is 2.21. The number of aryl methyl sites for hydroxylation is 1. The summed E-state index contributed by atoms with van der Waals surface area (Å²) in [5.41, 5.74) is 0.980. The number of sulfonamides is 1. The predicted molar refractivity (Wildman–Crippen MR) is 88.0 cm³/mol. The molecule has 124 valence electrons. The molecule has 0 saturated heterocycles. The van der Waals surface area contributed by atoms with Crippen molar-refractivity contribution in [3.05, 3.63) is 29.8 Å². The van der Waals surface area contributed by atoms with Crippen LogP contribution in [0.15, 0.2) is 29.2 Å².